The summed E-state index contributed by atoms with van der Waals surface area (Å²) < 4.78 is 5.25. The molecule has 9 heteroatoms. The fourth-order valence-corrected chi connectivity index (χ4v) is 3.32. The number of carbonyl (C=O) groups is 2. The van der Waals surface area contributed by atoms with Gasteiger partial charge >= 0.3 is 0 Å². The summed E-state index contributed by atoms with van der Waals surface area (Å²) in [5.41, 5.74) is 1.22. The third-order valence-electron chi connectivity index (χ3n) is 4.99. The van der Waals surface area contributed by atoms with Crippen molar-refractivity contribution in [2.24, 2.45) is 5.92 Å². The van der Waals surface area contributed by atoms with E-state index in [1.165, 1.54) is 12.1 Å². The van der Waals surface area contributed by atoms with Gasteiger partial charge in [-0.25, -0.2) is 0 Å². The van der Waals surface area contributed by atoms with Crippen LogP contribution >= 0.6 is 0 Å². The predicted molar refractivity (Wildman–Crippen MR) is 110 cm³/mol. The maximum Gasteiger partial charge on any atom is 0.269 e. The van der Waals surface area contributed by atoms with Gasteiger partial charge in [-0.15, -0.1) is 0 Å². The Hall–Kier alpha value is -2.52. The Morgan fingerprint density at radius 1 is 1.31 bits per heavy atom. The Morgan fingerprint density at radius 2 is 2.03 bits per heavy atom. The van der Waals surface area contributed by atoms with Gasteiger partial charge in [0, 0.05) is 43.5 Å². The average molecular weight is 406 g/mol. The van der Waals surface area contributed by atoms with E-state index >= 15 is 0 Å². The highest BCUT2D eigenvalue weighted by Gasteiger charge is 2.25. The van der Waals surface area contributed by atoms with Crippen molar-refractivity contribution in [3.63, 3.8) is 0 Å². The number of aryl methyl sites for hydroxylation is 1. The van der Waals surface area contributed by atoms with Gasteiger partial charge in [-0.3, -0.25) is 24.6 Å². The van der Waals surface area contributed by atoms with E-state index in [-0.39, 0.29) is 30.0 Å². The van der Waals surface area contributed by atoms with Crippen molar-refractivity contribution in [1.82, 2.24) is 10.2 Å². The molecule has 29 heavy (non-hydrogen) atoms. The largest absolute Gasteiger partial charge is 0.382 e. The number of likely N-dealkylation sites (tertiary alicyclic amines) is 1. The molecule has 1 aliphatic heterocycles. The summed E-state index contributed by atoms with van der Waals surface area (Å²) in [5.74, 6) is -0.105. The first-order valence-corrected chi connectivity index (χ1v) is 10.0. The van der Waals surface area contributed by atoms with Crippen molar-refractivity contribution >= 4 is 23.2 Å². The zero-order chi connectivity index (χ0) is 21.2. The molecule has 0 aromatic heterocycles. The van der Waals surface area contributed by atoms with E-state index in [1.54, 1.807) is 13.0 Å². The fourth-order valence-electron chi connectivity index (χ4n) is 3.32. The van der Waals surface area contributed by atoms with Crippen molar-refractivity contribution in [3.05, 3.63) is 33.9 Å². The second-order valence-electron chi connectivity index (χ2n) is 7.20. The molecular weight excluding hydrogens is 376 g/mol. The highest BCUT2D eigenvalue weighted by molar-refractivity contribution is 5.93. The highest BCUT2D eigenvalue weighted by Crippen LogP contribution is 2.21. The first-order chi connectivity index (χ1) is 13.9. The van der Waals surface area contributed by atoms with Gasteiger partial charge in [-0.1, -0.05) is 0 Å². The van der Waals surface area contributed by atoms with Crippen LogP contribution in [-0.2, 0) is 14.3 Å². The number of nitro groups is 1. The third-order valence-corrected chi connectivity index (χ3v) is 4.99. The summed E-state index contributed by atoms with van der Waals surface area (Å²) in [6, 6.07) is 4.36. The average Bonchev–Trinajstić information content (AvgIpc) is 2.69. The zero-order valence-corrected chi connectivity index (χ0v) is 17.1. The molecule has 1 aromatic rings. The minimum Gasteiger partial charge on any atom is -0.382 e. The molecule has 0 spiro atoms. The molecule has 0 saturated carbocycles. The quantitative estimate of drug-likeness (QED) is 0.349. The lowest BCUT2D eigenvalue weighted by Crippen LogP contribution is -2.43. The molecule has 2 N–H and O–H groups in total. The Labute approximate surface area is 170 Å². The van der Waals surface area contributed by atoms with Gasteiger partial charge in [0.2, 0.25) is 11.8 Å². The first kappa shape index (κ1) is 22.8. The Bertz CT molecular complexity index is 717. The van der Waals surface area contributed by atoms with Crippen LogP contribution in [0.4, 0.5) is 11.4 Å². The van der Waals surface area contributed by atoms with E-state index in [0.717, 1.165) is 19.3 Å². The number of hydrogen-bond acceptors (Lipinski definition) is 6. The molecule has 0 bridgehead atoms. The molecule has 1 heterocycles. The Morgan fingerprint density at radius 3 is 2.66 bits per heavy atom. The smallest absolute Gasteiger partial charge is 0.269 e. The van der Waals surface area contributed by atoms with Crippen LogP contribution < -0.4 is 10.6 Å². The molecule has 0 unspecified atom stereocenters. The van der Waals surface area contributed by atoms with Crippen LogP contribution in [0.15, 0.2) is 18.2 Å². The van der Waals surface area contributed by atoms with Crippen molar-refractivity contribution in [1.29, 1.82) is 0 Å². The van der Waals surface area contributed by atoms with Gasteiger partial charge in [-0.2, -0.15) is 0 Å². The number of non-ortho nitro benzene ring substituents is 1. The molecule has 9 nitrogen and oxygen atoms in total. The molecule has 1 aromatic carbocycles. The van der Waals surface area contributed by atoms with Crippen LogP contribution in [0.5, 0.6) is 0 Å². The van der Waals surface area contributed by atoms with Crippen LogP contribution in [-0.4, -0.2) is 61.0 Å². The zero-order valence-electron chi connectivity index (χ0n) is 17.1. The molecular formula is C20H30N4O5. The second kappa shape index (κ2) is 11.5. The fraction of sp³-hybridized carbons (Fsp3) is 0.600. The lowest BCUT2D eigenvalue weighted by molar-refractivity contribution is -0.384. The number of nitrogens with one attached hydrogen (secondary N) is 2. The topological polar surface area (TPSA) is 114 Å². The monoisotopic (exact) mass is 406 g/mol. The van der Waals surface area contributed by atoms with Gasteiger partial charge in [0.1, 0.15) is 0 Å². The second-order valence-corrected chi connectivity index (χ2v) is 7.20. The molecule has 2 rings (SSSR count). The Balaban J connectivity index is 1.71. The van der Waals surface area contributed by atoms with E-state index in [1.807, 2.05) is 11.8 Å². The molecule has 2 amide bonds. The number of hydrogen-bond donors (Lipinski definition) is 2. The normalized spacial score (nSPS) is 15.1. The molecule has 0 aliphatic carbocycles. The lowest BCUT2D eigenvalue weighted by atomic mass is 9.96. The van der Waals surface area contributed by atoms with E-state index in [0.29, 0.717) is 44.1 Å². The van der Waals surface area contributed by atoms with Gasteiger partial charge in [0.15, 0.2) is 0 Å². The molecule has 1 fully saturated rings. The van der Waals surface area contributed by atoms with Crippen LogP contribution in [0.25, 0.3) is 0 Å². The summed E-state index contributed by atoms with van der Waals surface area (Å²) in [7, 11) is 0. The molecule has 0 radical (unpaired) electrons. The maximum absolute atomic E-state index is 12.3. The van der Waals surface area contributed by atoms with Crippen LogP contribution in [0.2, 0.25) is 0 Å². The Kier molecular flexibility index (Phi) is 9.01. The third kappa shape index (κ3) is 7.43. The summed E-state index contributed by atoms with van der Waals surface area (Å²) in [6.07, 6.45) is 2.25. The van der Waals surface area contributed by atoms with E-state index in [2.05, 4.69) is 10.6 Å². The molecule has 1 saturated heterocycles. The van der Waals surface area contributed by atoms with E-state index in [4.69, 9.17) is 4.74 Å². The van der Waals surface area contributed by atoms with Crippen molar-refractivity contribution < 1.29 is 19.2 Å². The predicted octanol–water partition coefficient (Wildman–Crippen LogP) is 2.10. The summed E-state index contributed by atoms with van der Waals surface area (Å²) >= 11 is 0. The van der Waals surface area contributed by atoms with Gasteiger partial charge < -0.3 is 15.4 Å². The number of carbonyl (C=O) groups excluding carboxylic acids is 2. The number of nitro benzene ring substituents is 1. The summed E-state index contributed by atoms with van der Waals surface area (Å²) in [4.78, 5) is 36.9. The minimum absolute atomic E-state index is 0.00117. The SMILES string of the molecule is CCOCCCNC(=O)C1CCN(CC(=O)Nc2ccc([N+](=O)[O-])cc2C)CC1. The number of rotatable bonds is 10. The number of amides is 2. The highest BCUT2D eigenvalue weighted by atomic mass is 16.6. The van der Waals surface area contributed by atoms with Crippen molar-refractivity contribution in [2.75, 3.05) is 44.7 Å². The molecule has 1 aliphatic rings. The standard InChI is InChI=1S/C20H30N4O5/c1-3-29-12-4-9-21-20(26)16-7-10-23(11-8-16)14-19(25)22-18-6-5-17(24(27)28)13-15(18)2/h5-6,13,16H,3-4,7-12,14H2,1-2H3,(H,21,26)(H,22,25). The molecule has 0 atom stereocenters. The summed E-state index contributed by atoms with van der Waals surface area (Å²) in [5, 5.41) is 16.6. The van der Waals surface area contributed by atoms with Crippen LogP contribution in [0.1, 0.15) is 31.7 Å². The first-order valence-electron chi connectivity index (χ1n) is 10.0. The van der Waals surface area contributed by atoms with E-state index in [9.17, 15) is 19.7 Å². The number of benzene rings is 1. The van der Waals surface area contributed by atoms with Gasteiger partial charge in [0.25, 0.3) is 5.69 Å². The van der Waals surface area contributed by atoms with Gasteiger partial charge in [0.05, 0.1) is 11.5 Å². The van der Waals surface area contributed by atoms with Crippen LogP contribution in [0, 0.1) is 23.0 Å². The van der Waals surface area contributed by atoms with Crippen molar-refractivity contribution in [3.8, 4) is 0 Å². The number of nitrogens with zero attached hydrogens (tertiary/aromatic N) is 2. The maximum atomic E-state index is 12.3. The summed E-state index contributed by atoms with van der Waals surface area (Å²) in [6.45, 7) is 7.23. The van der Waals surface area contributed by atoms with Gasteiger partial charge in [-0.05, 0) is 57.8 Å². The number of ether oxygens (including phenoxy) is 1. The van der Waals surface area contributed by atoms with E-state index < -0.39 is 4.92 Å². The lowest BCUT2D eigenvalue weighted by Gasteiger charge is -2.30. The minimum atomic E-state index is -0.460. The molecule has 160 valence electrons. The number of piperidine rings is 1. The van der Waals surface area contributed by atoms with Crippen LogP contribution in [0.3, 0.4) is 0 Å². The van der Waals surface area contributed by atoms with Crippen molar-refractivity contribution in [2.45, 2.75) is 33.1 Å². The number of anilines is 1.